The molecule has 2 aromatic carbocycles. The van der Waals surface area contributed by atoms with Gasteiger partial charge in [-0.15, -0.1) is 0 Å². The number of imide groups is 1. The number of aromatic amines is 1. The molecule has 6 nitrogen and oxygen atoms in total. The predicted octanol–water partition coefficient (Wildman–Crippen LogP) is 5.20. The number of aromatic nitrogens is 2. The summed E-state index contributed by atoms with van der Waals surface area (Å²) in [5.74, 6) is -0.694. The molecular formula is C29H32N4O2. The van der Waals surface area contributed by atoms with Crippen molar-refractivity contribution in [1.29, 1.82) is 0 Å². The fraction of sp³-hybridized carbons (Fsp3) is 0.310. The van der Waals surface area contributed by atoms with Gasteiger partial charge < -0.3 is 9.55 Å². The minimum absolute atomic E-state index is 0.344. The molecule has 3 heterocycles. The third-order valence-corrected chi connectivity index (χ3v) is 6.99. The number of benzene rings is 2. The number of amides is 2. The van der Waals surface area contributed by atoms with Gasteiger partial charge in [0.15, 0.2) is 0 Å². The second kappa shape index (κ2) is 9.19. The fourth-order valence-electron chi connectivity index (χ4n) is 5.41. The number of nitrogens with zero attached hydrogens (tertiary/aromatic N) is 2. The minimum Gasteiger partial charge on any atom is -0.361 e. The first-order chi connectivity index (χ1) is 16.9. The lowest BCUT2D eigenvalue weighted by Crippen LogP contribution is -2.38. The molecule has 6 heteroatoms. The van der Waals surface area contributed by atoms with E-state index >= 15 is 0 Å². The van der Waals surface area contributed by atoms with Crippen molar-refractivity contribution in [1.82, 2.24) is 19.8 Å². The first-order valence-corrected chi connectivity index (χ1v) is 12.4. The van der Waals surface area contributed by atoms with Crippen LogP contribution in [-0.2, 0) is 16.1 Å². The molecule has 0 bridgehead atoms. The summed E-state index contributed by atoms with van der Waals surface area (Å²) in [4.78, 5) is 31.9. The van der Waals surface area contributed by atoms with E-state index in [1.54, 1.807) is 0 Å². The fourth-order valence-corrected chi connectivity index (χ4v) is 5.41. The Kier molecular flexibility index (Phi) is 6.07. The van der Waals surface area contributed by atoms with Crippen molar-refractivity contribution >= 4 is 44.8 Å². The highest BCUT2D eigenvalue weighted by Crippen LogP contribution is 2.38. The number of carbonyl (C=O) groups is 2. The number of rotatable bonds is 8. The zero-order valence-corrected chi connectivity index (χ0v) is 20.8. The van der Waals surface area contributed by atoms with E-state index in [9.17, 15) is 9.59 Å². The van der Waals surface area contributed by atoms with Crippen molar-refractivity contribution in [2.24, 2.45) is 0 Å². The zero-order valence-electron chi connectivity index (χ0n) is 20.8. The summed E-state index contributed by atoms with van der Waals surface area (Å²) in [6.45, 7) is 10.8. The third kappa shape index (κ3) is 4.08. The lowest BCUT2D eigenvalue weighted by molar-refractivity contribution is -0.122. The summed E-state index contributed by atoms with van der Waals surface area (Å²) in [6.07, 6.45) is 4.86. The zero-order chi connectivity index (χ0) is 24.7. The number of H-pyrrole nitrogens is 1. The molecule has 0 radical (unpaired) electrons. The summed E-state index contributed by atoms with van der Waals surface area (Å²) < 4.78 is 2.22. The van der Waals surface area contributed by atoms with Gasteiger partial charge in [0.2, 0.25) is 0 Å². The van der Waals surface area contributed by atoms with Gasteiger partial charge in [-0.05, 0) is 46.2 Å². The van der Waals surface area contributed by atoms with E-state index < -0.39 is 0 Å². The van der Waals surface area contributed by atoms with E-state index in [0.717, 1.165) is 52.4 Å². The molecule has 1 aliphatic heterocycles. The smallest absolute Gasteiger partial charge is 0.259 e. The molecule has 0 fully saturated rings. The number of hydrogen-bond acceptors (Lipinski definition) is 3. The maximum atomic E-state index is 13.1. The molecule has 2 N–H and O–H groups in total. The number of aryl methyl sites for hydroxylation is 1. The minimum atomic E-state index is -0.351. The Balaban J connectivity index is 1.58. The van der Waals surface area contributed by atoms with Crippen molar-refractivity contribution in [3.8, 4) is 0 Å². The SMILES string of the molecule is CC(C)N(CCCn1cc(C2=C(c3c[nH]c4ccccc34)C(=O)NC2=O)c2ccccc21)C(C)C. The first-order valence-electron chi connectivity index (χ1n) is 12.4. The van der Waals surface area contributed by atoms with Gasteiger partial charge in [0.05, 0.1) is 11.1 Å². The molecular weight excluding hydrogens is 436 g/mol. The van der Waals surface area contributed by atoms with Gasteiger partial charge in [0, 0.05) is 70.5 Å². The first kappa shape index (κ1) is 23.1. The summed E-state index contributed by atoms with van der Waals surface area (Å²) in [6, 6.07) is 16.9. The van der Waals surface area contributed by atoms with Gasteiger partial charge in [-0.3, -0.25) is 19.8 Å². The summed E-state index contributed by atoms with van der Waals surface area (Å²) in [5, 5.41) is 4.45. The quantitative estimate of drug-likeness (QED) is 0.349. The second-order valence-electron chi connectivity index (χ2n) is 9.81. The second-order valence-corrected chi connectivity index (χ2v) is 9.81. The maximum absolute atomic E-state index is 13.1. The van der Waals surface area contributed by atoms with Crippen LogP contribution in [0, 0.1) is 0 Å². The lowest BCUT2D eigenvalue weighted by Gasteiger charge is -2.30. The van der Waals surface area contributed by atoms with Crippen molar-refractivity contribution in [3.63, 3.8) is 0 Å². The van der Waals surface area contributed by atoms with Crippen LogP contribution in [0.25, 0.3) is 33.0 Å². The average molecular weight is 469 g/mol. The molecule has 180 valence electrons. The molecule has 4 aromatic rings. The molecule has 0 atom stereocenters. The van der Waals surface area contributed by atoms with Crippen LogP contribution in [0.5, 0.6) is 0 Å². The number of hydrogen-bond donors (Lipinski definition) is 2. The molecule has 2 amide bonds. The molecule has 0 spiro atoms. The van der Waals surface area contributed by atoms with E-state index in [-0.39, 0.29) is 11.8 Å². The summed E-state index contributed by atoms with van der Waals surface area (Å²) >= 11 is 0. The molecule has 5 rings (SSSR count). The van der Waals surface area contributed by atoms with Gasteiger partial charge in [0.25, 0.3) is 11.8 Å². The number of fused-ring (bicyclic) bond motifs is 2. The van der Waals surface area contributed by atoms with Crippen LogP contribution in [0.4, 0.5) is 0 Å². The van der Waals surface area contributed by atoms with Crippen LogP contribution < -0.4 is 5.32 Å². The van der Waals surface area contributed by atoms with Crippen LogP contribution in [0.3, 0.4) is 0 Å². The number of carbonyl (C=O) groups excluding carboxylic acids is 2. The van der Waals surface area contributed by atoms with E-state index in [4.69, 9.17) is 0 Å². The maximum Gasteiger partial charge on any atom is 0.259 e. The van der Waals surface area contributed by atoms with Crippen molar-refractivity contribution in [3.05, 3.63) is 72.1 Å². The lowest BCUT2D eigenvalue weighted by atomic mass is 9.95. The number of para-hydroxylation sites is 2. The van der Waals surface area contributed by atoms with Crippen molar-refractivity contribution < 1.29 is 9.59 Å². The van der Waals surface area contributed by atoms with Gasteiger partial charge in [-0.1, -0.05) is 36.4 Å². The molecule has 0 unspecified atom stereocenters. The van der Waals surface area contributed by atoms with Gasteiger partial charge >= 0.3 is 0 Å². The monoisotopic (exact) mass is 468 g/mol. The molecule has 0 aliphatic carbocycles. The standard InChI is InChI=1S/C29H32N4O2/c1-18(2)33(19(3)4)15-9-14-32-17-23(21-11-6-8-13-25(21)32)27-26(28(34)31-29(27)35)22-16-30-24-12-7-5-10-20(22)24/h5-8,10-13,16-19,30H,9,14-15H2,1-4H3,(H,31,34,35). The molecule has 2 aromatic heterocycles. The third-order valence-electron chi connectivity index (χ3n) is 6.99. The van der Waals surface area contributed by atoms with E-state index in [1.165, 1.54) is 0 Å². The average Bonchev–Trinajstić information content (AvgIpc) is 3.49. The Morgan fingerprint density at radius 2 is 1.46 bits per heavy atom. The molecule has 0 saturated carbocycles. The Labute approximate surface area is 205 Å². The van der Waals surface area contributed by atoms with Gasteiger partial charge in [-0.2, -0.15) is 0 Å². The summed E-state index contributed by atoms with van der Waals surface area (Å²) in [7, 11) is 0. The molecule has 1 aliphatic rings. The van der Waals surface area contributed by atoms with Crippen molar-refractivity contribution in [2.45, 2.75) is 52.7 Å². The van der Waals surface area contributed by atoms with Crippen molar-refractivity contribution in [2.75, 3.05) is 6.54 Å². The van der Waals surface area contributed by atoms with Crippen LogP contribution in [-0.4, -0.2) is 44.9 Å². The normalized spacial score (nSPS) is 14.5. The van der Waals surface area contributed by atoms with E-state index in [2.05, 4.69) is 53.5 Å². The Morgan fingerprint density at radius 1 is 0.829 bits per heavy atom. The topological polar surface area (TPSA) is 70.1 Å². The Hall–Kier alpha value is -3.64. The molecule has 35 heavy (non-hydrogen) atoms. The highest BCUT2D eigenvalue weighted by Gasteiger charge is 2.35. The highest BCUT2D eigenvalue weighted by molar-refractivity contribution is 6.50. The van der Waals surface area contributed by atoms with Crippen LogP contribution in [0.15, 0.2) is 60.9 Å². The number of nitrogens with one attached hydrogen (secondary N) is 2. The molecule has 0 saturated heterocycles. The Morgan fingerprint density at radius 3 is 2.17 bits per heavy atom. The van der Waals surface area contributed by atoms with Gasteiger partial charge in [-0.25, -0.2) is 0 Å². The van der Waals surface area contributed by atoms with Gasteiger partial charge in [0.1, 0.15) is 0 Å². The largest absolute Gasteiger partial charge is 0.361 e. The van der Waals surface area contributed by atoms with Crippen LogP contribution in [0.2, 0.25) is 0 Å². The highest BCUT2D eigenvalue weighted by atomic mass is 16.2. The van der Waals surface area contributed by atoms with E-state index in [1.807, 2.05) is 54.9 Å². The predicted molar refractivity (Wildman–Crippen MR) is 142 cm³/mol. The van der Waals surface area contributed by atoms with Crippen LogP contribution in [0.1, 0.15) is 45.2 Å². The van der Waals surface area contributed by atoms with Crippen LogP contribution >= 0.6 is 0 Å². The van der Waals surface area contributed by atoms with E-state index in [0.29, 0.717) is 23.2 Å². The Bertz CT molecular complexity index is 1450. The summed E-state index contributed by atoms with van der Waals surface area (Å²) in [5.41, 5.74) is 4.43.